The molecule has 3 heterocycles. The number of imidazole rings is 2. The summed E-state index contributed by atoms with van der Waals surface area (Å²) in [6, 6.07) is 16.9. The van der Waals surface area contributed by atoms with Crippen molar-refractivity contribution >= 4 is 37.7 Å². The molecule has 0 aliphatic carbocycles. The Kier molecular flexibility index (Phi) is 5.88. The highest BCUT2D eigenvalue weighted by Crippen LogP contribution is 2.25. The van der Waals surface area contributed by atoms with Gasteiger partial charge in [0.2, 0.25) is 0 Å². The number of hydrogen-bond donors (Lipinski definition) is 0. The fraction of sp³-hybridized carbons (Fsp3) is 0.208. The van der Waals surface area contributed by atoms with Crippen LogP contribution in [0.15, 0.2) is 71.7 Å². The first-order valence-corrected chi connectivity index (χ1v) is 13.2. The Morgan fingerprint density at radius 3 is 2.47 bits per heavy atom. The molecular formula is C24H22N6O5S. The second kappa shape index (κ2) is 9.04. The number of hydrogen-bond acceptors (Lipinski definition) is 7. The molecule has 0 fully saturated rings. The molecule has 0 amide bonds. The molecule has 11 nitrogen and oxygen atoms in total. The molecule has 0 aliphatic rings. The second-order valence-corrected chi connectivity index (χ2v) is 10.7. The fourth-order valence-corrected chi connectivity index (χ4v) is 5.04. The maximum Gasteiger partial charge on any atom is 0.335 e. The van der Waals surface area contributed by atoms with Crippen molar-refractivity contribution in [1.82, 2.24) is 23.7 Å². The quantitative estimate of drug-likeness (QED) is 0.233. The normalized spacial score (nSPS) is 11.9. The van der Waals surface area contributed by atoms with Gasteiger partial charge in [0.05, 0.1) is 33.8 Å². The minimum Gasteiger partial charge on any atom is -0.326 e. The van der Waals surface area contributed by atoms with E-state index >= 15 is 0 Å². The van der Waals surface area contributed by atoms with E-state index < -0.39 is 20.5 Å². The Morgan fingerprint density at radius 1 is 0.972 bits per heavy atom. The van der Waals surface area contributed by atoms with Crippen LogP contribution >= 0.6 is 0 Å². The Morgan fingerprint density at radius 2 is 1.69 bits per heavy atom. The van der Waals surface area contributed by atoms with E-state index in [9.17, 15) is 23.3 Å². The number of aryl methyl sites for hydroxylation is 1. The molecular weight excluding hydrogens is 484 g/mol. The van der Waals surface area contributed by atoms with Crippen LogP contribution in [-0.2, 0) is 22.9 Å². The maximum atomic E-state index is 13.7. The molecule has 0 atom stereocenters. The monoisotopic (exact) mass is 506 g/mol. The molecule has 5 rings (SSSR count). The number of fused-ring (bicyclic) bond motifs is 2. The number of rotatable bonds is 8. The third-order valence-corrected chi connectivity index (χ3v) is 6.96. The SMILES string of the molecule is CS(=O)(=O)CCCn1c(Cn2c(=O)n(-c3ccccc3[N+](=O)[O-])c3cccnc32)nc2ccccc21. The summed E-state index contributed by atoms with van der Waals surface area (Å²) in [4.78, 5) is 33.9. The number of sulfone groups is 1. The van der Waals surface area contributed by atoms with Crippen molar-refractivity contribution < 1.29 is 13.3 Å². The van der Waals surface area contributed by atoms with Crippen molar-refractivity contribution in [3.63, 3.8) is 0 Å². The molecule has 0 spiro atoms. The van der Waals surface area contributed by atoms with Crippen molar-refractivity contribution in [1.29, 1.82) is 0 Å². The molecule has 0 saturated heterocycles. The van der Waals surface area contributed by atoms with E-state index in [4.69, 9.17) is 4.98 Å². The summed E-state index contributed by atoms with van der Waals surface area (Å²) in [6.07, 6.45) is 3.14. The van der Waals surface area contributed by atoms with Gasteiger partial charge in [-0.15, -0.1) is 0 Å². The largest absolute Gasteiger partial charge is 0.335 e. The molecule has 0 saturated carbocycles. The van der Waals surface area contributed by atoms with Gasteiger partial charge in [0.1, 0.15) is 21.3 Å². The molecule has 3 aromatic heterocycles. The lowest BCUT2D eigenvalue weighted by molar-refractivity contribution is -0.384. The van der Waals surface area contributed by atoms with Crippen LogP contribution in [0.1, 0.15) is 12.2 Å². The molecule has 36 heavy (non-hydrogen) atoms. The van der Waals surface area contributed by atoms with E-state index in [2.05, 4.69) is 4.98 Å². The van der Waals surface area contributed by atoms with Gasteiger partial charge in [0.25, 0.3) is 5.69 Å². The minimum absolute atomic E-state index is 0.0252. The fourth-order valence-electron chi connectivity index (χ4n) is 4.39. The number of nitro benzene ring substituents is 1. The summed E-state index contributed by atoms with van der Waals surface area (Å²) in [5.74, 6) is 0.580. The van der Waals surface area contributed by atoms with Crippen molar-refractivity contribution in [2.75, 3.05) is 12.0 Å². The summed E-state index contributed by atoms with van der Waals surface area (Å²) in [5, 5.41) is 11.7. The maximum absolute atomic E-state index is 13.7. The summed E-state index contributed by atoms with van der Waals surface area (Å²) >= 11 is 0. The third-order valence-electron chi connectivity index (χ3n) is 5.93. The number of nitrogens with zero attached hydrogens (tertiary/aromatic N) is 6. The van der Waals surface area contributed by atoms with Crippen LogP contribution in [0.4, 0.5) is 5.69 Å². The smallest absolute Gasteiger partial charge is 0.326 e. The van der Waals surface area contributed by atoms with Gasteiger partial charge >= 0.3 is 5.69 Å². The van der Waals surface area contributed by atoms with E-state index in [0.717, 1.165) is 11.0 Å². The molecule has 0 aliphatic heterocycles. The number of nitro groups is 1. The van der Waals surface area contributed by atoms with E-state index in [1.165, 1.54) is 27.5 Å². The third kappa shape index (κ3) is 4.26. The zero-order valence-electron chi connectivity index (χ0n) is 19.3. The molecule has 12 heteroatoms. The Balaban J connectivity index is 1.66. The second-order valence-electron chi connectivity index (χ2n) is 8.45. The summed E-state index contributed by atoms with van der Waals surface area (Å²) in [6.45, 7) is 0.446. The number of pyridine rings is 1. The first-order valence-electron chi connectivity index (χ1n) is 11.2. The van der Waals surface area contributed by atoms with E-state index in [-0.39, 0.29) is 23.7 Å². The van der Waals surface area contributed by atoms with Gasteiger partial charge in [-0.05, 0) is 36.8 Å². The lowest BCUT2D eigenvalue weighted by Crippen LogP contribution is -2.25. The van der Waals surface area contributed by atoms with Crippen LogP contribution in [0, 0.1) is 10.1 Å². The molecule has 2 aromatic carbocycles. The van der Waals surface area contributed by atoms with E-state index in [1.54, 1.807) is 30.5 Å². The zero-order chi connectivity index (χ0) is 25.4. The Labute approximate surface area is 205 Å². The van der Waals surface area contributed by atoms with Crippen LogP contribution in [-0.4, -0.2) is 49.0 Å². The number of aromatic nitrogens is 5. The zero-order valence-corrected chi connectivity index (χ0v) is 20.1. The van der Waals surface area contributed by atoms with Gasteiger partial charge in [-0.2, -0.15) is 0 Å². The lowest BCUT2D eigenvalue weighted by atomic mass is 10.2. The predicted octanol–water partition coefficient (Wildman–Crippen LogP) is 2.93. The standard InChI is InChI=1S/C24H22N6O5S/c1-36(34,35)15-7-14-27-18-9-3-2-8-17(18)26-22(27)16-28-23-21(12-6-13-25-23)29(24(28)31)19-10-4-5-11-20(19)30(32)33/h2-6,8-13H,7,14-16H2,1H3. The first-order chi connectivity index (χ1) is 17.2. The van der Waals surface area contributed by atoms with Crippen molar-refractivity contribution in [2.45, 2.75) is 19.5 Å². The van der Waals surface area contributed by atoms with Crippen molar-refractivity contribution in [3.05, 3.63) is 93.3 Å². The van der Waals surface area contributed by atoms with Crippen LogP contribution in [0.3, 0.4) is 0 Å². The molecule has 0 radical (unpaired) electrons. The van der Waals surface area contributed by atoms with Crippen LogP contribution in [0.2, 0.25) is 0 Å². The molecule has 0 N–H and O–H groups in total. The Hall–Kier alpha value is -4.32. The predicted molar refractivity (Wildman–Crippen MR) is 135 cm³/mol. The number of benzene rings is 2. The van der Waals surface area contributed by atoms with Crippen molar-refractivity contribution in [3.8, 4) is 5.69 Å². The molecule has 0 bridgehead atoms. The van der Waals surface area contributed by atoms with Gasteiger partial charge < -0.3 is 4.57 Å². The highest BCUT2D eigenvalue weighted by atomic mass is 32.2. The first kappa shape index (κ1) is 23.4. The lowest BCUT2D eigenvalue weighted by Gasteiger charge is -2.09. The van der Waals surface area contributed by atoms with Gasteiger partial charge in [-0.3, -0.25) is 19.2 Å². The summed E-state index contributed by atoms with van der Waals surface area (Å²) in [5.41, 5.74) is 1.78. The van der Waals surface area contributed by atoms with Crippen LogP contribution in [0.25, 0.3) is 27.9 Å². The molecule has 0 unspecified atom stereocenters. The Bertz CT molecular complexity index is 1780. The van der Waals surface area contributed by atoms with Gasteiger partial charge in [-0.25, -0.2) is 23.2 Å². The van der Waals surface area contributed by atoms with Crippen LogP contribution < -0.4 is 5.69 Å². The number of para-hydroxylation sites is 4. The highest BCUT2D eigenvalue weighted by molar-refractivity contribution is 7.90. The van der Waals surface area contributed by atoms with E-state index in [1.807, 2.05) is 28.8 Å². The van der Waals surface area contributed by atoms with Crippen molar-refractivity contribution in [2.24, 2.45) is 0 Å². The van der Waals surface area contributed by atoms with Gasteiger partial charge in [0, 0.05) is 25.1 Å². The summed E-state index contributed by atoms with van der Waals surface area (Å²) in [7, 11) is -3.13. The molecule has 184 valence electrons. The topological polar surface area (TPSA) is 135 Å². The summed E-state index contributed by atoms with van der Waals surface area (Å²) < 4.78 is 28.0. The molecule has 5 aromatic rings. The van der Waals surface area contributed by atoms with Gasteiger partial charge in [0.15, 0.2) is 5.65 Å². The van der Waals surface area contributed by atoms with Crippen LogP contribution in [0.5, 0.6) is 0 Å². The average molecular weight is 507 g/mol. The highest BCUT2D eigenvalue weighted by Gasteiger charge is 2.23. The average Bonchev–Trinajstić information content (AvgIpc) is 3.33. The van der Waals surface area contributed by atoms with Gasteiger partial charge in [-0.1, -0.05) is 24.3 Å². The minimum atomic E-state index is -3.13. The van der Waals surface area contributed by atoms with E-state index in [0.29, 0.717) is 30.0 Å².